The van der Waals surface area contributed by atoms with Crippen LogP contribution in [0.15, 0.2) is 18.2 Å². The smallest absolute Gasteiger partial charge is 0.258 e. The quantitative estimate of drug-likeness (QED) is 0.834. The van der Waals surface area contributed by atoms with Crippen molar-refractivity contribution in [3.63, 3.8) is 0 Å². The van der Waals surface area contributed by atoms with E-state index in [4.69, 9.17) is 15.2 Å². The Bertz CT molecular complexity index is 467. The standard InChI is InChI=1S/C15H24N2O3/c1-10(14(16)18)20-13-7-6-12(19-5)8-11(13)9-17-15(2,3)4/h6-8,10,17H,9H2,1-5H3,(H2,16,18). The number of carbonyl (C=O) groups excluding carboxylic acids is 1. The maximum Gasteiger partial charge on any atom is 0.258 e. The van der Waals surface area contributed by atoms with Gasteiger partial charge in [0.2, 0.25) is 0 Å². The van der Waals surface area contributed by atoms with Crippen LogP contribution in [0.3, 0.4) is 0 Å². The van der Waals surface area contributed by atoms with Crippen LogP contribution in [-0.4, -0.2) is 24.7 Å². The number of nitrogens with one attached hydrogen (secondary N) is 1. The number of amides is 1. The molecule has 0 spiro atoms. The van der Waals surface area contributed by atoms with Gasteiger partial charge in [-0.3, -0.25) is 4.79 Å². The highest BCUT2D eigenvalue weighted by Crippen LogP contribution is 2.25. The molecule has 5 nitrogen and oxygen atoms in total. The largest absolute Gasteiger partial charge is 0.497 e. The maximum absolute atomic E-state index is 11.1. The van der Waals surface area contributed by atoms with E-state index in [-0.39, 0.29) is 5.54 Å². The molecule has 1 aromatic carbocycles. The van der Waals surface area contributed by atoms with Gasteiger partial charge in [-0.2, -0.15) is 0 Å². The van der Waals surface area contributed by atoms with Crippen molar-refractivity contribution >= 4 is 5.91 Å². The first-order valence-corrected chi connectivity index (χ1v) is 6.61. The zero-order chi connectivity index (χ0) is 15.3. The molecule has 0 heterocycles. The maximum atomic E-state index is 11.1. The summed E-state index contributed by atoms with van der Waals surface area (Å²) in [4.78, 5) is 11.1. The molecule has 112 valence electrons. The lowest BCUT2D eigenvalue weighted by atomic mass is 10.1. The van der Waals surface area contributed by atoms with E-state index in [9.17, 15) is 4.79 Å². The third-order valence-corrected chi connectivity index (χ3v) is 2.78. The Hall–Kier alpha value is -1.75. The van der Waals surface area contributed by atoms with Gasteiger partial charge < -0.3 is 20.5 Å². The van der Waals surface area contributed by atoms with Gasteiger partial charge in [-0.1, -0.05) is 0 Å². The van der Waals surface area contributed by atoms with Crippen LogP contribution in [0.5, 0.6) is 11.5 Å². The van der Waals surface area contributed by atoms with Crippen molar-refractivity contribution in [2.45, 2.75) is 45.9 Å². The SMILES string of the molecule is COc1ccc(OC(C)C(N)=O)c(CNC(C)(C)C)c1. The third kappa shape index (κ3) is 5.09. The molecule has 0 bridgehead atoms. The van der Waals surface area contributed by atoms with Crippen LogP contribution in [0.4, 0.5) is 0 Å². The average Bonchev–Trinajstić information content (AvgIpc) is 2.36. The molecule has 1 rings (SSSR count). The van der Waals surface area contributed by atoms with Gasteiger partial charge in [0.15, 0.2) is 6.10 Å². The predicted octanol–water partition coefficient (Wildman–Crippen LogP) is 1.84. The minimum atomic E-state index is -0.670. The van der Waals surface area contributed by atoms with Crippen LogP contribution >= 0.6 is 0 Å². The summed E-state index contributed by atoms with van der Waals surface area (Å²) in [5.41, 5.74) is 6.13. The Kier molecular flexibility index (Phi) is 5.39. The fraction of sp³-hybridized carbons (Fsp3) is 0.533. The lowest BCUT2D eigenvalue weighted by Crippen LogP contribution is -2.35. The molecule has 1 aromatic rings. The second-order valence-corrected chi connectivity index (χ2v) is 5.74. The first kappa shape index (κ1) is 16.3. The van der Waals surface area contributed by atoms with Gasteiger partial charge in [-0.25, -0.2) is 0 Å². The van der Waals surface area contributed by atoms with Crippen molar-refractivity contribution in [3.05, 3.63) is 23.8 Å². The van der Waals surface area contributed by atoms with Gasteiger partial charge >= 0.3 is 0 Å². The Balaban J connectivity index is 2.94. The minimum absolute atomic E-state index is 0.0182. The van der Waals surface area contributed by atoms with Crippen molar-refractivity contribution in [2.24, 2.45) is 5.73 Å². The molecule has 0 saturated heterocycles. The highest BCUT2D eigenvalue weighted by molar-refractivity contribution is 5.78. The second-order valence-electron chi connectivity index (χ2n) is 5.74. The zero-order valence-electron chi connectivity index (χ0n) is 12.8. The fourth-order valence-corrected chi connectivity index (χ4v) is 1.54. The number of methoxy groups -OCH3 is 1. The lowest BCUT2D eigenvalue weighted by molar-refractivity contribution is -0.124. The van der Waals surface area contributed by atoms with E-state index in [1.807, 2.05) is 6.07 Å². The summed E-state index contributed by atoms with van der Waals surface area (Å²) < 4.78 is 10.8. The number of rotatable bonds is 6. The molecular formula is C15H24N2O3. The van der Waals surface area contributed by atoms with Gasteiger partial charge in [-0.05, 0) is 45.9 Å². The van der Waals surface area contributed by atoms with E-state index >= 15 is 0 Å². The van der Waals surface area contributed by atoms with E-state index in [2.05, 4.69) is 26.1 Å². The molecule has 1 atom stereocenters. The number of hydrogen-bond donors (Lipinski definition) is 2. The normalized spacial score (nSPS) is 12.8. The summed E-state index contributed by atoms with van der Waals surface area (Å²) in [6.45, 7) is 8.49. The summed E-state index contributed by atoms with van der Waals surface area (Å²) in [6.07, 6.45) is -0.670. The van der Waals surface area contributed by atoms with Crippen molar-refractivity contribution in [1.82, 2.24) is 5.32 Å². The summed E-state index contributed by atoms with van der Waals surface area (Å²) in [7, 11) is 1.61. The van der Waals surface area contributed by atoms with Crippen LogP contribution in [0.2, 0.25) is 0 Å². The Morgan fingerprint density at radius 3 is 2.55 bits per heavy atom. The van der Waals surface area contributed by atoms with E-state index in [0.717, 1.165) is 11.3 Å². The van der Waals surface area contributed by atoms with Crippen LogP contribution < -0.4 is 20.5 Å². The summed E-state index contributed by atoms with van der Waals surface area (Å²) in [5, 5.41) is 3.38. The number of ether oxygens (including phenoxy) is 2. The molecule has 0 aliphatic heterocycles. The summed E-state index contributed by atoms with van der Waals surface area (Å²) in [5.74, 6) is 0.888. The van der Waals surface area contributed by atoms with Crippen molar-refractivity contribution in [2.75, 3.05) is 7.11 Å². The van der Waals surface area contributed by atoms with Crippen LogP contribution in [-0.2, 0) is 11.3 Å². The van der Waals surface area contributed by atoms with Crippen LogP contribution in [0, 0.1) is 0 Å². The monoisotopic (exact) mass is 280 g/mol. The zero-order valence-corrected chi connectivity index (χ0v) is 12.8. The van der Waals surface area contributed by atoms with Gasteiger partial charge in [0.25, 0.3) is 5.91 Å². The first-order valence-electron chi connectivity index (χ1n) is 6.61. The molecule has 0 fully saturated rings. The van der Waals surface area contributed by atoms with E-state index in [0.29, 0.717) is 12.3 Å². The predicted molar refractivity (Wildman–Crippen MR) is 78.9 cm³/mol. The minimum Gasteiger partial charge on any atom is -0.497 e. The molecule has 3 N–H and O–H groups in total. The van der Waals surface area contributed by atoms with E-state index in [1.54, 1.807) is 26.2 Å². The molecule has 20 heavy (non-hydrogen) atoms. The van der Waals surface area contributed by atoms with Gasteiger partial charge in [-0.15, -0.1) is 0 Å². The number of carbonyl (C=O) groups is 1. The topological polar surface area (TPSA) is 73.6 Å². The fourth-order valence-electron chi connectivity index (χ4n) is 1.54. The van der Waals surface area contributed by atoms with Gasteiger partial charge in [0, 0.05) is 17.6 Å². The third-order valence-electron chi connectivity index (χ3n) is 2.78. The Labute approximate surface area is 120 Å². The average molecular weight is 280 g/mol. The lowest BCUT2D eigenvalue weighted by Gasteiger charge is -2.22. The van der Waals surface area contributed by atoms with Crippen LogP contribution in [0.25, 0.3) is 0 Å². The number of primary amides is 1. The van der Waals surface area contributed by atoms with Gasteiger partial charge in [0.05, 0.1) is 7.11 Å². The van der Waals surface area contributed by atoms with Gasteiger partial charge in [0.1, 0.15) is 11.5 Å². The molecule has 1 unspecified atom stereocenters. The molecule has 0 aromatic heterocycles. The number of hydrogen-bond acceptors (Lipinski definition) is 4. The van der Waals surface area contributed by atoms with Crippen molar-refractivity contribution in [3.8, 4) is 11.5 Å². The summed E-state index contributed by atoms with van der Waals surface area (Å²) >= 11 is 0. The number of nitrogens with two attached hydrogens (primary N) is 1. The molecule has 0 radical (unpaired) electrons. The molecule has 5 heteroatoms. The van der Waals surface area contributed by atoms with Crippen molar-refractivity contribution < 1.29 is 14.3 Å². The summed E-state index contributed by atoms with van der Waals surface area (Å²) in [6, 6.07) is 5.48. The van der Waals surface area contributed by atoms with Crippen molar-refractivity contribution in [1.29, 1.82) is 0 Å². The van der Waals surface area contributed by atoms with E-state index < -0.39 is 12.0 Å². The molecule has 0 aliphatic rings. The Morgan fingerprint density at radius 1 is 1.40 bits per heavy atom. The highest BCUT2D eigenvalue weighted by atomic mass is 16.5. The Morgan fingerprint density at radius 2 is 2.05 bits per heavy atom. The molecular weight excluding hydrogens is 256 g/mol. The number of benzene rings is 1. The molecule has 0 aliphatic carbocycles. The molecule has 1 amide bonds. The second kappa shape index (κ2) is 6.61. The van der Waals surface area contributed by atoms with Crippen LogP contribution in [0.1, 0.15) is 33.3 Å². The highest BCUT2D eigenvalue weighted by Gasteiger charge is 2.15. The van der Waals surface area contributed by atoms with E-state index in [1.165, 1.54) is 0 Å². The molecule has 0 saturated carbocycles. The first-order chi connectivity index (χ1) is 9.23.